The van der Waals surface area contributed by atoms with E-state index in [2.05, 4.69) is 36.1 Å². The van der Waals surface area contributed by atoms with E-state index in [9.17, 15) is 0 Å². The number of hydrogen-bond donors (Lipinski definition) is 0. The number of rotatable bonds is 3. The third-order valence-corrected chi connectivity index (χ3v) is 3.34. The molecule has 1 heterocycles. The molecule has 2 aromatic carbocycles. The molecule has 1 aliphatic heterocycles. The van der Waals surface area contributed by atoms with Gasteiger partial charge in [0.2, 0.25) is 0 Å². The van der Waals surface area contributed by atoms with E-state index in [0.29, 0.717) is 0 Å². The number of hydrogen-bond acceptors (Lipinski definition) is 1. The Bertz CT molecular complexity index is 525. The van der Waals surface area contributed by atoms with E-state index in [1.807, 2.05) is 36.4 Å². The molecule has 1 unspecified atom stereocenters. The maximum atomic E-state index is 8.76. The van der Waals surface area contributed by atoms with Crippen molar-refractivity contribution in [3.05, 3.63) is 71.8 Å². The molecule has 0 spiro atoms. The fraction of sp³-hybridized carbons (Fsp3) is 0.250. The van der Waals surface area contributed by atoms with Crippen molar-refractivity contribution in [2.45, 2.75) is 19.0 Å². The lowest BCUT2D eigenvalue weighted by Crippen LogP contribution is -1.96. The van der Waals surface area contributed by atoms with Crippen LogP contribution in [0.3, 0.4) is 0 Å². The second-order valence-corrected chi connectivity index (χ2v) is 4.35. The van der Waals surface area contributed by atoms with Gasteiger partial charge >= 0.3 is 0 Å². The van der Waals surface area contributed by atoms with Crippen molar-refractivity contribution in [3.8, 4) is 0 Å². The van der Waals surface area contributed by atoms with Gasteiger partial charge in [-0.2, -0.15) is 0 Å². The molecule has 86 valence electrons. The lowest BCUT2D eigenvalue weighted by Gasteiger charge is -1.97. The maximum Gasteiger partial charge on any atom is 0.0552 e. The summed E-state index contributed by atoms with van der Waals surface area (Å²) in [6.07, 6.45) is 0. The molecule has 2 aromatic rings. The van der Waals surface area contributed by atoms with Crippen molar-refractivity contribution in [1.82, 2.24) is 4.90 Å². The number of benzene rings is 2. The second kappa shape index (κ2) is 4.34. The Labute approximate surface area is 104 Å². The molecular weight excluding hydrogens is 206 g/mol. The first-order chi connectivity index (χ1) is 8.78. The molecule has 0 radical (unpaired) electrons. The van der Waals surface area contributed by atoms with Gasteiger partial charge in [0.05, 0.1) is 13.4 Å². The van der Waals surface area contributed by atoms with Crippen LogP contribution in [0.15, 0.2) is 60.7 Å². The zero-order valence-corrected chi connectivity index (χ0v) is 10.0. The molecule has 0 aliphatic carbocycles. The highest BCUT2D eigenvalue weighted by molar-refractivity contribution is 5.34. The van der Waals surface area contributed by atoms with Crippen LogP contribution in [0, 0.1) is 0 Å². The van der Waals surface area contributed by atoms with Crippen molar-refractivity contribution in [1.29, 1.82) is 0 Å². The summed E-state index contributed by atoms with van der Waals surface area (Å²) in [5, 5.41) is 0. The van der Waals surface area contributed by atoms with Gasteiger partial charge < -0.3 is 0 Å². The summed E-state index contributed by atoms with van der Waals surface area (Å²) in [5.41, 5.74) is 2.32. The van der Waals surface area contributed by atoms with Gasteiger partial charge in [-0.15, -0.1) is 0 Å². The minimum absolute atomic E-state index is 0.186. The summed E-state index contributed by atoms with van der Waals surface area (Å²) in [6, 6.07) is 20.1. The van der Waals surface area contributed by atoms with Gasteiger partial charge in [-0.25, -0.2) is 0 Å². The van der Waals surface area contributed by atoms with Crippen LogP contribution in [0.4, 0.5) is 0 Å². The predicted octanol–water partition coefficient (Wildman–Crippen LogP) is 3.80. The molecule has 0 aromatic heterocycles. The van der Waals surface area contributed by atoms with E-state index < -0.39 is 6.02 Å². The Morgan fingerprint density at radius 2 is 1.47 bits per heavy atom. The first-order valence-electron chi connectivity index (χ1n) is 6.65. The summed E-state index contributed by atoms with van der Waals surface area (Å²) in [4.78, 5) is 2.22. The molecule has 1 heteroatoms. The largest absolute Gasteiger partial charge is 0.286 e. The van der Waals surface area contributed by atoms with Gasteiger partial charge in [-0.3, -0.25) is 4.90 Å². The van der Waals surface area contributed by atoms with Crippen LogP contribution in [0.25, 0.3) is 0 Å². The third-order valence-electron chi connectivity index (χ3n) is 3.34. The van der Waals surface area contributed by atoms with Gasteiger partial charge in [-0.05, 0) is 17.7 Å². The lowest BCUT2D eigenvalue weighted by molar-refractivity contribution is 0.514. The summed E-state index contributed by atoms with van der Waals surface area (Å²) < 4.78 is 8.76. The molecule has 0 amide bonds. The SMILES string of the molecule is [2H][C@]1(c2ccccc2)[C@H](c2ccccc2)N1CC. The van der Waals surface area contributed by atoms with Crippen LogP contribution in [0.1, 0.15) is 31.5 Å². The van der Waals surface area contributed by atoms with Gasteiger partial charge in [-0.1, -0.05) is 67.6 Å². The molecule has 0 N–H and O–H groups in total. The smallest absolute Gasteiger partial charge is 0.0552 e. The van der Waals surface area contributed by atoms with Crippen LogP contribution in [0.2, 0.25) is 0 Å². The minimum atomic E-state index is -0.586. The fourth-order valence-corrected chi connectivity index (χ4v) is 2.49. The van der Waals surface area contributed by atoms with Crippen molar-refractivity contribution >= 4 is 0 Å². The van der Waals surface area contributed by atoms with E-state index >= 15 is 0 Å². The van der Waals surface area contributed by atoms with Crippen LogP contribution in [0.5, 0.6) is 0 Å². The highest BCUT2D eigenvalue weighted by Crippen LogP contribution is 2.53. The normalized spacial score (nSPS) is 31.9. The third kappa shape index (κ3) is 1.87. The first-order valence-corrected chi connectivity index (χ1v) is 6.15. The summed E-state index contributed by atoms with van der Waals surface area (Å²) >= 11 is 0. The van der Waals surface area contributed by atoms with Gasteiger partial charge in [0.1, 0.15) is 0 Å². The predicted molar refractivity (Wildman–Crippen MR) is 70.7 cm³/mol. The average Bonchev–Trinajstić information content (AvgIpc) is 3.07. The monoisotopic (exact) mass is 224 g/mol. The Morgan fingerprint density at radius 3 is 2.00 bits per heavy atom. The van der Waals surface area contributed by atoms with Gasteiger partial charge in [0.15, 0.2) is 0 Å². The number of likely N-dealkylation sites (N-methyl/N-ethyl adjacent to an activating group) is 1. The first kappa shape index (κ1) is 9.43. The van der Waals surface area contributed by atoms with E-state index in [4.69, 9.17) is 1.37 Å². The Morgan fingerprint density at radius 1 is 0.941 bits per heavy atom. The lowest BCUT2D eigenvalue weighted by atomic mass is 10.0. The molecule has 1 aliphatic rings. The number of nitrogens with zero attached hydrogens (tertiary/aromatic N) is 1. The quantitative estimate of drug-likeness (QED) is 0.716. The Kier molecular flexibility index (Phi) is 2.41. The standard InChI is InChI=1S/C16H17N/c1-2-17-15(13-9-5-3-6-10-13)16(17)14-11-7-4-8-12-14/h3-12,15-16H,2H2,1H3/t15-,16-/m0/s1/i15D/t15-,16-,17?. The van der Waals surface area contributed by atoms with Gasteiger partial charge in [0.25, 0.3) is 0 Å². The van der Waals surface area contributed by atoms with E-state index in [-0.39, 0.29) is 6.04 Å². The van der Waals surface area contributed by atoms with Crippen LogP contribution < -0.4 is 0 Å². The highest BCUT2D eigenvalue weighted by atomic mass is 15.3. The molecule has 3 rings (SSSR count). The van der Waals surface area contributed by atoms with Gasteiger partial charge in [0, 0.05) is 0 Å². The van der Waals surface area contributed by atoms with Crippen LogP contribution in [-0.2, 0) is 0 Å². The van der Waals surface area contributed by atoms with Crippen LogP contribution in [-0.4, -0.2) is 11.4 Å². The fourth-order valence-electron chi connectivity index (χ4n) is 2.49. The van der Waals surface area contributed by atoms with Crippen molar-refractivity contribution in [2.24, 2.45) is 0 Å². The van der Waals surface area contributed by atoms with Crippen molar-refractivity contribution < 1.29 is 1.37 Å². The zero-order valence-electron chi connectivity index (χ0n) is 11.0. The maximum absolute atomic E-state index is 8.76. The summed E-state index contributed by atoms with van der Waals surface area (Å²) in [5.74, 6) is 0. The highest BCUT2D eigenvalue weighted by Gasteiger charge is 2.47. The van der Waals surface area contributed by atoms with E-state index in [1.54, 1.807) is 0 Å². The molecule has 0 bridgehead atoms. The molecule has 1 saturated heterocycles. The summed E-state index contributed by atoms with van der Waals surface area (Å²) in [7, 11) is 0. The zero-order chi connectivity index (χ0) is 12.6. The molecule has 17 heavy (non-hydrogen) atoms. The molecule has 1 fully saturated rings. The molecule has 1 nitrogen and oxygen atoms in total. The molecule has 3 atom stereocenters. The van der Waals surface area contributed by atoms with Crippen LogP contribution >= 0.6 is 0 Å². The second-order valence-electron chi connectivity index (χ2n) is 4.35. The Hall–Kier alpha value is -1.60. The molecular formula is C16H17N. The van der Waals surface area contributed by atoms with Crippen molar-refractivity contribution in [2.75, 3.05) is 6.54 Å². The van der Waals surface area contributed by atoms with E-state index in [0.717, 1.165) is 12.1 Å². The minimum Gasteiger partial charge on any atom is -0.286 e. The Balaban J connectivity index is 1.99. The topological polar surface area (TPSA) is 3.01 Å². The summed E-state index contributed by atoms with van der Waals surface area (Å²) in [6.45, 7) is 3.02. The average molecular weight is 224 g/mol. The molecule has 0 saturated carbocycles. The van der Waals surface area contributed by atoms with E-state index in [1.165, 1.54) is 5.56 Å². The van der Waals surface area contributed by atoms with Crippen molar-refractivity contribution in [3.63, 3.8) is 0 Å².